The van der Waals surface area contributed by atoms with Crippen LogP contribution in [-0.2, 0) is 16.0 Å². The smallest absolute Gasteiger partial charge is 0.224 e. The van der Waals surface area contributed by atoms with Gasteiger partial charge in [0.25, 0.3) is 0 Å². The zero-order valence-corrected chi connectivity index (χ0v) is 15.0. The largest absolute Gasteiger partial charge is 0.380 e. The predicted molar refractivity (Wildman–Crippen MR) is 99.4 cm³/mol. The third kappa shape index (κ3) is 5.41. The van der Waals surface area contributed by atoms with Crippen molar-refractivity contribution in [3.8, 4) is 0 Å². The summed E-state index contributed by atoms with van der Waals surface area (Å²) >= 11 is 12.4. The Labute approximate surface area is 152 Å². The van der Waals surface area contributed by atoms with Crippen molar-refractivity contribution in [2.45, 2.75) is 13.3 Å². The van der Waals surface area contributed by atoms with Crippen LogP contribution in [0.3, 0.4) is 0 Å². The van der Waals surface area contributed by atoms with E-state index in [0.717, 1.165) is 11.3 Å². The van der Waals surface area contributed by atoms with Crippen molar-refractivity contribution in [3.63, 3.8) is 0 Å². The molecule has 0 atom stereocenters. The summed E-state index contributed by atoms with van der Waals surface area (Å²) in [5.74, 6) is -0.0609. The van der Waals surface area contributed by atoms with E-state index in [1.165, 1.54) is 0 Å². The van der Waals surface area contributed by atoms with E-state index >= 15 is 0 Å². The molecule has 2 aromatic rings. The van der Waals surface area contributed by atoms with E-state index in [1.807, 2.05) is 31.2 Å². The topological polar surface area (TPSA) is 50.4 Å². The Balaban J connectivity index is 2.06. The van der Waals surface area contributed by atoms with Crippen LogP contribution < -0.4 is 10.6 Å². The average molecular weight is 367 g/mol. The second-order valence-electron chi connectivity index (χ2n) is 5.10. The van der Waals surface area contributed by atoms with Gasteiger partial charge in [-0.25, -0.2) is 0 Å². The van der Waals surface area contributed by atoms with Crippen LogP contribution in [-0.4, -0.2) is 25.7 Å². The molecule has 0 saturated heterocycles. The van der Waals surface area contributed by atoms with Crippen molar-refractivity contribution in [2.75, 3.05) is 25.1 Å². The molecule has 0 unspecified atom stereocenters. The van der Waals surface area contributed by atoms with Gasteiger partial charge in [-0.05, 0) is 30.7 Å². The summed E-state index contributed by atoms with van der Waals surface area (Å²) in [6.45, 7) is 3.57. The fourth-order valence-electron chi connectivity index (χ4n) is 2.19. The molecule has 0 radical (unpaired) electrons. The lowest BCUT2D eigenvalue weighted by Gasteiger charge is -2.14. The van der Waals surface area contributed by atoms with Gasteiger partial charge in [0.1, 0.15) is 0 Å². The number of hydrogen-bond donors (Lipinski definition) is 2. The van der Waals surface area contributed by atoms with Gasteiger partial charge < -0.3 is 15.4 Å². The van der Waals surface area contributed by atoms with Gasteiger partial charge in [0, 0.05) is 18.8 Å². The summed E-state index contributed by atoms with van der Waals surface area (Å²) < 4.78 is 5.21. The Morgan fingerprint density at radius 3 is 2.50 bits per heavy atom. The molecular formula is C18H20Cl2N2O2. The SMILES string of the molecule is CCOCCNC(=O)Cc1ccccc1Nc1c(Cl)cccc1Cl. The Kier molecular flexibility index (Phi) is 7.37. The Bertz CT molecular complexity index is 672. The fraction of sp³-hybridized carbons (Fsp3) is 0.278. The first kappa shape index (κ1) is 18.6. The van der Waals surface area contributed by atoms with Crippen LogP contribution in [0.4, 0.5) is 11.4 Å². The van der Waals surface area contributed by atoms with E-state index in [1.54, 1.807) is 18.2 Å². The molecule has 0 aromatic heterocycles. The number of rotatable bonds is 8. The normalized spacial score (nSPS) is 10.5. The first-order chi connectivity index (χ1) is 11.6. The van der Waals surface area contributed by atoms with E-state index in [0.29, 0.717) is 35.5 Å². The third-order valence-electron chi connectivity index (χ3n) is 3.36. The van der Waals surface area contributed by atoms with Gasteiger partial charge in [-0.3, -0.25) is 4.79 Å². The molecule has 2 N–H and O–H groups in total. The van der Waals surface area contributed by atoms with Crippen molar-refractivity contribution in [1.29, 1.82) is 0 Å². The monoisotopic (exact) mass is 366 g/mol. The number of carbonyl (C=O) groups excluding carboxylic acids is 1. The van der Waals surface area contributed by atoms with Gasteiger partial charge in [-0.1, -0.05) is 47.5 Å². The van der Waals surface area contributed by atoms with Gasteiger partial charge in [0.05, 0.1) is 28.8 Å². The van der Waals surface area contributed by atoms with Crippen molar-refractivity contribution < 1.29 is 9.53 Å². The summed E-state index contributed by atoms with van der Waals surface area (Å²) in [6, 6.07) is 12.9. The van der Waals surface area contributed by atoms with Crippen LogP contribution in [0.25, 0.3) is 0 Å². The highest BCUT2D eigenvalue weighted by atomic mass is 35.5. The Morgan fingerprint density at radius 2 is 1.79 bits per heavy atom. The van der Waals surface area contributed by atoms with Crippen molar-refractivity contribution in [3.05, 3.63) is 58.1 Å². The van der Waals surface area contributed by atoms with Gasteiger partial charge in [0.15, 0.2) is 0 Å². The van der Waals surface area contributed by atoms with E-state index in [2.05, 4.69) is 10.6 Å². The summed E-state index contributed by atoms with van der Waals surface area (Å²) in [7, 11) is 0. The quantitative estimate of drug-likeness (QED) is 0.679. The van der Waals surface area contributed by atoms with Crippen LogP contribution in [0.1, 0.15) is 12.5 Å². The summed E-state index contributed by atoms with van der Waals surface area (Å²) in [5, 5.41) is 7.11. The predicted octanol–water partition coefficient (Wildman–Crippen LogP) is 4.43. The van der Waals surface area contributed by atoms with E-state index < -0.39 is 0 Å². The minimum atomic E-state index is -0.0609. The summed E-state index contributed by atoms with van der Waals surface area (Å²) in [5.41, 5.74) is 2.29. The maximum atomic E-state index is 12.1. The van der Waals surface area contributed by atoms with E-state index in [-0.39, 0.29) is 12.3 Å². The number of ether oxygens (including phenoxy) is 1. The molecule has 0 spiro atoms. The van der Waals surface area contributed by atoms with Crippen LogP contribution in [0.2, 0.25) is 10.0 Å². The van der Waals surface area contributed by atoms with Crippen molar-refractivity contribution in [2.24, 2.45) is 0 Å². The lowest BCUT2D eigenvalue weighted by atomic mass is 10.1. The lowest BCUT2D eigenvalue weighted by molar-refractivity contribution is -0.120. The number of amides is 1. The standard InChI is InChI=1S/C18H20Cl2N2O2/c1-2-24-11-10-21-17(23)12-13-6-3-4-9-16(13)22-18-14(19)7-5-8-15(18)20/h3-9,22H,2,10-12H2,1H3,(H,21,23). The number of hydrogen-bond acceptors (Lipinski definition) is 3. The van der Waals surface area contributed by atoms with Crippen LogP contribution in [0.5, 0.6) is 0 Å². The summed E-state index contributed by atoms with van der Waals surface area (Å²) in [6.07, 6.45) is 0.261. The molecule has 0 aliphatic rings. The van der Waals surface area contributed by atoms with Crippen molar-refractivity contribution in [1.82, 2.24) is 5.32 Å². The lowest BCUT2D eigenvalue weighted by Crippen LogP contribution is -2.28. The average Bonchev–Trinajstić information content (AvgIpc) is 2.56. The maximum Gasteiger partial charge on any atom is 0.224 e. The molecule has 0 aliphatic carbocycles. The highest BCUT2D eigenvalue weighted by Crippen LogP contribution is 2.33. The Hall–Kier alpha value is -1.75. The molecule has 4 nitrogen and oxygen atoms in total. The van der Waals surface area contributed by atoms with Gasteiger partial charge in [-0.2, -0.15) is 0 Å². The number of halogens is 2. The minimum Gasteiger partial charge on any atom is -0.380 e. The van der Waals surface area contributed by atoms with Crippen LogP contribution >= 0.6 is 23.2 Å². The molecule has 0 heterocycles. The number of carbonyl (C=O) groups is 1. The number of para-hydroxylation sites is 2. The molecule has 128 valence electrons. The first-order valence-electron chi connectivity index (χ1n) is 7.75. The molecule has 0 aliphatic heterocycles. The zero-order chi connectivity index (χ0) is 17.4. The van der Waals surface area contributed by atoms with Crippen molar-refractivity contribution >= 4 is 40.5 Å². The highest BCUT2D eigenvalue weighted by molar-refractivity contribution is 6.39. The van der Waals surface area contributed by atoms with Gasteiger partial charge in [-0.15, -0.1) is 0 Å². The molecule has 1 amide bonds. The molecule has 2 aromatic carbocycles. The number of nitrogens with one attached hydrogen (secondary N) is 2. The second kappa shape index (κ2) is 9.52. The minimum absolute atomic E-state index is 0.0609. The molecule has 0 saturated carbocycles. The highest BCUT2D eigenvalue weighted by Gasteiger charge is 2.11. The molecule has 2 rings (SSSR count). The molecule has 6 heteroatoms. The van der Waals surface area contributed by atoms with Crippen LogP contribution in [0, 0.1) is 0 Å². The third-order valence-corrected chi connectivity index (χ3v) is 3.99. The first-order valence-corrected chi connectivity index (χ1v) is 8.50. The molecule has 24 heavy (non-hydrogen) atoms. The van der Waals surface area contributed by atoms with E-state index in [4.69, 9.17) is 27.9 Å². The van der Waals surface area contributed by atoms with Gasteiger partial charge in [0.2, 0.25) is 5.91 Å². The molecule has 0 fully saturated rings. The Morgan fingerprint density at radius 1 is 1.08 bits per heavy atom. The second-order valence-corrected chi connectivity index (χ2v) is 5.92. The fourth-order valence-corrected chi connectivity index (χ4v) is 2.68. The number of benzene rings is 2. The maximum absolute atomic E-state index is 12.1. The van der Waals surface area contributed by atoms with Crippen LogP contribution in [0.15, 0.2) is 42.5 Å². The number of anilines is 2. The van der Waals surface area contributed by atoms with Gasteiger partial charge >= 0.3 is 0 Å². The summed E-state index contributed by atoms with van der Waals surface area (Å²) in [4.78, 5) is 12.1. The zero-order valence-electron chi connectivity index (χ0n) is 13.4. The molecule has 0 bridgehead atoms. The molecular weight excluding hydrogens is 347 g/mol. The van der Waals surface area contributed by atoms with E-state index in [9.17, 15) is 4.79 Å².